The molecule has 5 heterocycles. The van der Waals surface area contributed by atoms with Gasteiger partial charge in [0.05, 0.1) is 51.4 Å². The second-order valence-electron chi connectivity index (χ2n) is 11.3. The summed E-state index contributed by atoms with van der Waals surface area (Å²) in [4.78, 5) is 48.2. The molecule has 0 amide bonds. The summed E-state index contributed by atoms with van der Waals surface area (Å²) < 4.78 is 37.1. The molecule has 0 aliphatic carbocycles. The third-order valence-corrected chi connectivity index (χ3v) is 8.32. The van der Waals surface area contributed by atoms with Crippen LogP contribution in [0, 0.1) is 0 Å². The molecule has 0 bridgehead atoms. The molecule has 0 fully saturated rings. The van der Waals surface area contributed by atoms with Gasteiger partial charge in [-0.3, -0.25) is 18.7 Å². The van der Waals surface area contributed by atoms with Crippen molar-refractivity contribution in [3.8, 4) is 11.4 Å². The topological polar surface area (TPSA) is 139 Å². The molecule has 0 saturated heterocycles. The highest BCUT2D eigenvalue weighted by molar-refractivity contribution is 6.20. The molecular weight excluding hydrogens is 726 g/mol. The van der Waals surface area contributed by atoms with Crippen LogP contribution >= 0.6 is 11.6 Å². The van der Waals surface area contributed by atoms with Gasteiger partial charge in [-0.05, 0) is 74.5 Å². The van der Waals surface area contributed by atoms with Crippen molar-refractivity contribution in [3.63, 3.8) is 0 Å². The minimum atomic E-state index is -0.382. The first-order chi connectivity index (χ1) is 25.8. The summed E-state index contributed by atoms with van der Waals surface area (Å²) >= 11 is 6.19. The Hall–Kier alpha value is -6.48. The Kier molecular flexibility index (Phi) is 13.7. The van der Waals surface area contributed by atoms with E-state index < -0.39 is 0 Å². The van der Waals surface area contributed by atoms with Crippen molar-refractivity contribution < 1.29 is 18.3 Å². The van der Waals surface area contributed by atoms with E-state index in [1.165, 1.54) is 4.57 Å². The number of halogens is 5. The molecule has 278 valence electrons. The smallest absolute Gasteiger partial charge is 0.284 e. The fourth-order valence-electron chi connectivity index (χ4n) is 5.78. The van der Waals surface area contributed by atoms with E-state index in [4.69, 9.17) is 40.6 Å². The third-order valence-electron chi connectivity index (χ3n) is 8.12. The summed E-state index contributed by atoms with van der Waals surface area (Å²) in [6.07, 6.45) is 4.93. The predicted molar refractivity (Wildman–Crippen MR) is 204 cm³/mol. The number of nitrogens with zero attached hydrogens (tertiary/aromatic N) is 8. The Morgan fingerprint density at radius 3 is 1.59 bits per heavy atom. The molecule has 2 atom stereocenters. The number of imidazole rings is 1. The maximum atomic E-state index is 13.4. The van der Waals surface area contributed by atoms with Gasteiger partial charge in [-0.15, -0.1) is 11.6 Å². The summed E-state index contributed by atoms with van der Waals surface area (Å²) in [7, 11) is 0. The average molecular weight is 760 g/mol. The molecule has 8 rings (SSSR count). The average Bonchev–Trinajstić information content (AvgIpc) is 3.65. The largest absolute Gasteiger partial charge is 0.397 e. The minimum absolute atomic E-state index is 0. The molecule has 2 unspecified atom stereocenters. The van der Waals surface area contributed by atoms with E-state index in [0.717, 1.165) is 22.4 Å². The normalized spacial score (nSPS) is 11.5. The van der Waals surface area contributed by atoms with Gasteiger partial charge < -0.3 is 10.3 Å². The number of para-hydroxylation sites is 3. The lowest BCUT2D eigenvalue weighted by Crippen LogP contribution is -2.27. The number of rotatable bonds is 5. The molecular formula is C38H34ClF4N9O2. The lowest BCUT2D eigenvalue weighted by Gasteiger charge is -2.20. The SMILES string of the molecule is C.CC(Cl)c1nc2cccnc2c(=O)n1-c1ccccc1.CC(c1nc2cccnc2c(=O)n1-c1ccccc1)n1cnc2c(N)cccc21.FF.FF. The van der Waals surface area contributed by atoms with E-state index >= 15 is 0 Å². The fourth-order valence-corrected chi connectivity index (χ4v) is 5.93. The Balaban J connectivity index is 0.000000229. The third kappa shape index (κ3) is 7.95. The number of hydrogen-bond donors (Lipinski definition) is 1. The quantitative estimate of drug-likeness (QED) is 0.104. The first kappa shape index (κ1) is 40.3. The molecule has 3 aromatic carbocycles. The van der Waals surface area contributed by atoms with E-state index in [2.05, 4.69) is 19.9 Å². The van der Waals surface area contributed by atoms with Gasteiger partial charge in [0.25, 0.3) is 11.1 Å². The Morgan fingerprint density at radius 2 is 1.09 bits per heavy atom. The molecule has 8 aromatic rings. The van der Waals surface area contributed by atoms with Crippen molar-refractivity contribution in [3.05, 3.63) is 154 Å². The first-order valence-electron chi connectivity index (χ1n) is 15.8. The van der Waals surface area contributed by atoms with Crippen molar-refractivity contribution in [2.75, 3.05) is 5.73 Å². The zero-order chi connectivity index (χ0) is 38.1. The van der Waals surface area contributed by atoms with Crippen molar-refractivity contribution >= 4 is 50.4 Å². The molecule has 0 aliphatic heterocycles. The molecule has 2 N–H and O–H groups in total. The van der Waals surface area contributed by atoms with Gasteiger partial charge in [-0.25, -0.2) is 24.9 Å². The Morgan fingerprint density at radius 1 is 0.611 bits per heavy atom. The lowest BCUT2D eigenvalue weighted by atomic mass is 10.2. The van der Waals surface area contributed by atoms with Gasteiger partial charge in [0.15, 0.2) is 11.0 Å². The van der Waals surface area contributed by atoms with E-state index in [9.17, 15) is 9.59 Å². The fraction of sp³-hybridized carbons (Fsp3) is 0.132. The molecule has 54 heavy (non-hydrogen) atoms. The molecule has 0 aliphatic rings. The summed E-state index contributed by atoms with van der Waals surface area (Å²) in [5.74, 6) is 1.12. The number of nitrogen functional groups attached to an aromatic ring is 1. The van der Waals surface area contributed by atoms with Crippen LogP contribution in [0.5, 0.6) is 0 Å². The first-order valence-corrected chi connectivity index (χ1v) is 16.3. The van der Waals surface area contributed by atoms with E-state index in [1.807, 2.05) is 90.4 Å². The van der Waals surface area contributed by atoms with E-state index in [0.29, 0.717) is 39.4 Å². The highest BCUT2D eigenvalue weighted by Crippen LogP contribution is 2.27. The Bertz CT molecular complexity index is 2590. The summed E-state index contributed by atoms with van der Waals surface area (Å²) in [6.45, 7) is 3.79. The molecule has 11 nitrogen and oxygen atoms in total. The van der Waals surface area contributed by atoms with Crippen LogP contribution in [0.3, 0.4) is 0 Å². The predicted octanol–water partition coefficient (Wildman–Crippen LogP) is 8.72. The molecule has 0 spiro atoms. The van der Waals surface area contributed by atoms with E-state index in [1.54, 1.807) is 54.5 Å². The van der Waals surface area contributed by atoms with Crippen molar-refractivity contribution in [1.29, 1.82) is 0 Å². The minimum Gasteiger partial charge on any atom is -0.397 e. The zero-order valence-corrected chi connectivity index (χ0v) is 28.8. The van der Waals surface area contributed by atoms with E-state index in [-0.39, 0.29) is 30.0 Å². The van der Waals surface area contributed by atoms with Crippen LogP contribution < -0.4 is 16.9 Å². The van der Waals surface area contributed by atoms with Gasteiger partial charge in [0.2, 0.25) is 0 Å². The van der Waals surface area contributed by atoms with Crippen molar-refractivity contribution in [1.82, 2.24) is 38.6 Å². The van der Waals surface area contributed by atoms with Crippen LogP contribution in [0.15, 0.2) is 131 Å². The zero-order valence-electron chi connectivity index (χ0n) is 28.1. The summed E-state index contributed by atoms with van der Waals surface area (Å²) in [5, 5.41) is -0.382. The van der Waals surface area contributed by atoms with Gasteiger partial charge in [-0.2, -0.15) is 0 Å². The number of nitrogens with two attached hydrogens (primary N) is 1. The van der Waals surface area contributed by atoms with Crippen LogP contribution in [0.25, 0.3) is 44.5 Å². The number of alkyl halides is 1. The van der Waals surface area contributed by atoms with Crippen LogP contribution in [0.2, 0.25) is 0 Å². The molecule has 0 radical (unpaired) electrons. The van der Waals surface area contributed by atoms with Gasteiger partial charge >= 0.3 is 0 Å². The molecule has 0 saturated carbocycles. The van der Waals surface area contributed by atoms with Crippen LogP contribution in [-0.4, -0.2) is 38.6 Å². The lowest BCUT2D eigenvalue weighted by molar-refractivity contribution is 0.108. The Labute approximate surface area is 310 Å². The highest BCUT2D eigenvalue weighted by Gasteiger charge is 2.22. The standard InChI is InChI=1S/C22H18N6O.C15H12ClN3O.CH4.2F2/c1-14(27-13-25-19-16(23)9-5-11-18(19)27)21-26-17-10-6-12-24-20(17)22(29)28(21)15-7-3-2-4-8-15;1-10(16)14-18-12-8-5-9-17-13(12)15(20)19(14)11-6-3-2-4-7-11;;2*1-2/h2-14H,23H2,1H3;2-10H,1H3;1H4;;. The monoisotopic (exact) mass is 759 g/mol. The number of anilines is 1. The number of benzene rings is 3. The number of hydrogen-bond acceptors (Lipinski definition) is 8. The van der Waals surface area contributed by atoms with Gasteiger partial charge in [-0.1, -0.05) is 49.9 Å². The second-order valence-corrected chi connectivity index (χ2v) is 11.9. The second kappa shape index (κ2) is 18.3. The summed E-state index contributed by atoms with van der Waals surface area (Å²) in [5.41, 5.74) is 11.2. The van der Waals surface area contributed by atoms with Crippen molar-refractivity contribution in [2.45, 2.75) is 32.7 Å². The number of aromatic nitrogens is 8. The number of fused-ring (bicyclic) bond motifs is 3. The van der Waals surface area contributed by atoms with Gasteiger partial charge in [0.1, 0.15) is 17.2 Å². The maximum Gasteiger partial charge on any atom is 0.284 e. The van der Waals surface area contributed by atoms with Crippen molar-refractivity contribution in [2.24, 2.45) is 0 Å². The maximum absolute atomic E-state index is 13.4. The highest BCUT2D eigenvalue weighted by atomic mass is 35.5. The van der Waals surface area contributed by atoms with Crippen LogP contribution in [0.4, 0.5) is 24.0 Å². The summed E-state index contributed by atoms with van der Waals surface area (Å²) in [6, 6.07) is 31.3. The molecule has 5 aromatic heterocycles. The number of pyridine rings is 2. The van der Waals surface area contributed by atoms with Crippen LogP contribution in [-0.2, 0) is 0 Å². The van der Waals surface area contributed by atoms with Crippen LogP contribution in [0.1, 0.15) is 44.3 Å². The van der Waals surface area contributed by atoms with Gasteiger partial charge in [0, 0.05) is 30.7 Å². The molecule has 16 heteroatoms.